The molecule has 3 heterocycles. The number of carboxylic acids is 1. The third-order valence-electron chi connectivity index (χ3n) is 5.82. The second-order valence-electron chi connectivity index (χ2n) is 9.29. The summed E-state index contributed by atoms with van der Waals surface area (Å²) in [6, 6.07) is 6.69. The third kappa shape index (κ3) is 3.53. The van der Waals surface area contributed by atoms with Gasteiger partial charge in [0.25, 0.3) is 5.91 Å². The Bertz CT molecular complexity index is 1300. The average molecular weight is 438 g/mol. The van der Waals surface area contributed by atoms with E-state index in [0.29, 0.717) is 23.5 Å². The van der Waals surface area contributed by atoms with Gasteiger partial charge < -0.3 is 19.3 Å². The van der Waals surface area contributed by atoms with Crippen molar-refractivity contribution in [2.45, 2.75) is 33.4 Å². The molecule has 9 nitrogen and oxygen atoms in total. The molecule has 0 aliphatic carbocycles. The van der Waals surface area contributed by atoms with Crippen molar-refractivity contribution < 1.29 is 19.4 Å². The molecule has 0 spiro atoms. The fourth-order valence-electron chi connectivity index (χ4n) is 4.01. The Hall–Kier alpha value is -3.62. The van der Waals surface area contributed by atoms with Crippen molar-refractivity contribution in [3.05, 3.63) is 46.2 Å². The Morgan fingerprint density at radius 2 is 2.00 bits per heavy atom. The van der Waals surface area contributed by atoms with Crippen molar-refractivity contribution in [3.8, 4) is 17.1 Å². The number of ether oxygens (including phenoxy) is 1. The van der Waals surface area contributed by atoms with Crippen molar-refractivity contribution >= 4 is 22.8 Å². The van der Waals surface area contributed by atoms with E-state index in [2.05, 4.69) is 20.8 Å². The van der Waals surface area contributed by atoms with Crippen LogP contribution in [-0.4, -0.2) is 56.9 Å². The summed E-state index contributed by atoms with van der Waals surface area (Å²) >= 11 is 0. The van der Waals surface area contributed by atoms with Crippen LogP contribution in [-0.2, 0) is 11.3 Å². The van der Waals surface area contributed by atoms with Gasteiger partial charge in [0.2, 0.25) is 0 Å². The summed E-state index contributed by atoms with van der Waals surface area (Å²) in [5.74, 6) is -0.942. The van der Waals surface area contributed by atoms with E-state index in [1.165, 1.54) is 17.2 Å². The quantitative estimate of drug-likeness (QED) is 0.671. The number of rotatable bonds is 4. The van der Waals surface area contributed by atoms with Crippen LogP contribution in [0.3, 0.4) is 0 Å². The van der Waals surface area contributed by atoms with Crippen LogP contribution >= 0.6 is 0 Å². The van der Waals surface area contributed by atoms with Gasteiger partial charge in [-0.05, 0) is 11.5 Å². The van der Waals surface area contributed by atoms with E-state index in [1.807, 2.05) is 21.4 Å². The smallest absolute Gasteiger partial charge is 0.341 e. The van der Waals surface area contributed by atoms with E-state index in [-0.39, 0.29) is 29.5 Å². The van der Waals surface area contributed by atoms with Crippen LogP contribution in [0.4, 0.5) is 0 Å². The molecule has 0 fully saturated rings. The number of fused-ring (bicyclic) bond motifs is 5. The Labute approximate surface area is 184 Å². The summed E-state index contributed by atoms with van der Waals surface area (Å²) in [5.41, 5.74) is 0.876. The van der Waals surface area contributed by atoms with E-state index >= 15 is 0 Å². The molecule has 2 aromatic heterocycles. The number of pyridine rings is 1. The lowest BCUT2D eigenvalue weighted by Gasteiger charge is -2.38. The van der Waals surface area contributed by atoms with Crippen molar-refractivity contribution in [2.75, 3.05) is 20.7 Å². The Morgan fingerprint density at radius 1 is 1.28 bits per heavy atom. The zero-order chi connectivity index (χ0) is 23.4. The van der Waals surface area contributed by atoms with Crippen molar-refractivity contribution in [3.63, 3.8) is 0 Å². The maximum Gasteiger partial charge on any atom is 0.341 e. The van der Waals surface area contributed by atoms with Gasteiger partial charge in [-0.15, -0.1) is 0 Å². The van der Waals surface area contributed by atoms with E-state index in [4.69, 9.17) is 9.84 Å². The number of carboxylic acid groups (broad SMARTS) is 1. The fourth-order valence-corrected chi connectivity index (χ4v) is 4.01. The minimum atomic E-state index is -1.25. The molecule has 0 saturated carbocycles. The van der Waals surface area contributed by atoms with E-state index in [1.54, 1.807) is 20.2 Å². The average Bonchev–Trinajstić information content (AvgIpc) is 3.09. The van der Waals surface area contributed by atoms with Crippen LogP contribution in [0.1, 0.15) is 37.2 Å². The fraction of sp³-hybridized carbons (Fsp3) is 0.391. The Balaban J connectivity index is 1.92. The number of aromatic carboxylic acids is 1. The van der Waals surface area contributed by atoms with Crippen LogP contribution in [0, 0.1) is 5.41 Å². The van der Waals surface area contributed by atoms with Gasteiger partial charge in [0.1, 0.15) is 16.8 Å². The van der Waals surface area contributed by atoms with Gasteiger partial charge in [0, 0.05) is 31.7 Å². The molecule has 1 unspecified atom stereocenters. The number of amides is 1. The SMILES string of the molecule is CN(C)C(=O)COc1cccc2c3n(nc12)CC(C(C)(C)C)n1cc(C(=O)O)c(=O)cc1-3. The molecule has 0 radical (unpaired) electrons. The lowest BCUT2D eigenvalue weighted by molar-refractivity contribution is -0.130. The standard InChI is InChI=1S/C23H26N4O5/c1-23(2,3)18-11-27-21(15-9-16(28)14(22(30)31)10-26(15)18)13-7-6-8-17(20(13)24-27)32-12-19(29)25(4)5/h6-10,18H,11-12H2,1-5H3,(H,30,31). The van der Waals surface area contributed by atoms with Crippen molar-refractivity contribution in [2.24, 2.45) is 5.41 Å². The van der Waals surface area contributed by atoms with Gasteiger partial charge in [0.15, 0.2) is 12.0 Å². The molecule has 1 aliphatic rings. The molecular formula is C23H26N4O5. The number of carbonyl (C=O) groups is 2. The Morgan fingerprint density at radius 3 is 2.62 bits per heavy atom. The molecule has 1 atom stereocenters. The molecule has 1 aliphatic heterocycles. The minimum absolute atomic E-state index is 0.114. The van der Waals surface area contributed by atoms with Gasteiger partial charge in [-0.2, -0.15) is 5.10 Å². The van der Waals surface area contributed by atoms with Crippen LogP contribution in [0.15, 0.2) is 35.3 Å². The monoisotopic (exact) mass is 438 g/mol. The lowest BCUT2D eigenvalue weighted by Crippen LogP contribution is -2.35. The molecular weight excluding hydrogens is 412 g/mol. The zero-order valence-electron chi connectivity index (χ0n) is 18.7. The summed E-state index contributed by atoms with van der Waals surface area (Å²) in [4.78, 5) is 37.6. The topological polar surface area (TPSA) is 107 Å². The molecule has 1 aromatic carbocycles. The van der Waals surface area contributed by atoms with Gasteiger partial charge in [-0.25, -0.2) is 4.79 Å². The van der Waals surface area contributed by atoms with Crippen molar-refractivity contribution in [1.82, 2.24) is 19.2 Å². The number of hydrogen-bond acceptors (Lipinski definition) is 5. The van der Waals surface area contributed by atoms with Crippen LogP contribution in [0.25, 0.3) is 22.3 Å². The first-order chi connectivity index (χ1) is 15.0. The first-order valence-corrected chi connectivity index (χ1v) is 10.3. The summed E-state index contributed by atoms with van der Waals surface area (Å²) in [7, 11) is 3.32. The van der Waals surface area contributed by atoms with E-state index in [0.717, 1.165) is 11.1 Å². The number of nitrogens with zero attached hydrogens (tertiary/aromatic N) is 4. The second-order valence-corrected chi connectivity index (χ2v) is 9.29. The zero-order valence-corrected chi connectivity index (χ0v) is 18.7. The minimum Gasteiger partial charge on any atom is -0.481 e. The predicted molar refractivity (Wildman–Crippen MR) is 119 cm³/mol. The summed E-state index contributed by atoms with van der Waals surface area (Å²) in [6.45, 7) is 6.58. The third-order valence-corrected chi connectivity index (χ3v) is 5.82. The maximum atomic E-state index is 12.6. The molecule has 3 aromatic rings. The van der Waals surface area contributed by atoms with E-state index < -0.39 is 11.4 Å². The predicted octanol–water partition coefficient (Wildman–Crippen LogP) is 2.63. The summed E-state index contributed by atoms with van der Waals surface area (Å²) in [5, 5.41) is 15.0. The number of benzene rings is 1. The molecule has 9 heteroatoms. The summed E-state index contributed by atoms with van der Waals surface area (Å²) in [6.07, 6.45) is 1.44. The highest BCUT2D eigenvalue weighted by atomic mass is 16.5. The Kier molecular flexibility index (Phi) is 5.07. The second kappa shape index (κ2) is 7.51. The highest BCUT2D eigenvalue weighted by molar-refractivity contribution is 5.97. The number of carbonyl (C=O) groups excluding carboxylic acids is 1. The molecule has 1 N–H and O–H groups in total. The lowest BCUT2D eigenvalue weighted by atomic mass is 9.85. The first kappa shape index (κ1) is 21.6. The van der Waals surface area contributed by atoms with Gasteiger partial charge in [-0.1, -0.05) is 32.9 Å². The van der Waals surface area contributed by atoms with Gasteiger partial charge in [0.05, 0.1) is 24.0 Å². The highest BCUT2D eigenvalue weighted by Crippen LogP contribution is 2.42. The number of hydrogen-bond donors (Lipinski definition) is 1. The van der Waals surface area contributed by atoms with Crippen molar-refractivity contribution in [1.29, 1.82) is 0 Å². The molecule has 168 valence electrons. The first-order valence-electron chi connectivity index (χ1n) is 10.3. The molecule has 4 rings (SSSR count). The number of aromatic nitrogens is 3. The normalized spacial score (nSPS) is 15.2. The summed E-state index contributed by atoms with van der Waals surface area (Å²) < 4.78 is 9.49. The van der Waals surface area contributed by atoms with Gasteiger partial charge >= 0.3 is 5.97 Å². The van der Waals surface area contributed by atoms with Gasteiger partial charge in [-0.3, -0.25) is 14.3 Å². The van der Waals surface area contributed by atoms with Crippen LogP contribution in [0.2, 0.25) is 0 Å². The number of likely N-dealkylation sites (N-methyl/N-ethyl adjacent to an activating group) is 1. The van der Waals surface area contributed by atoms with Crippen LogP contribution < -0.4 is 10.2 Å². The van der Waals surface area contributed by atoms with E-state index in [9.17, 15) is 19.5 Å². The molecule has 32 heavy (non-hydrogen) atoms. The van der Waals surface area contributed by atoms with Crippen LogP contribution in [0.5, 0.6) is 5.75 Å². The largest absolute Gasteiger partial charge is 0.481 e. The molecule has 0 saturated heterocycles. The maximum absolute atomic E-state index is 12.6. The molecule has 1 amide bonds. The highest BCUT2D eigenvalue weighted by Gasteiger charge is 2.35. The molecule has 0 bridgehead atoms.